The average Bonchev–Trinajstić information content (AvgIpc) is 2.90. The van der Waals surface area contributed by atoms with Crippen LogP contribution in [0.1, 0.15) is 18.4 Å². The van der Waals surface area contributed by atoms with E-state index in [1.54, 1.807) is 12.1 Å². The van der Waals surface area contributed by atoms with E-state index in [1.807, 2.05) is 0 Å². The average molecular weight is 178 g/mol. The molecule has 1 aromatic carbocycles. The maximum absolute atomic E-state index is 10.8. The largest absolute Gasteiger partial charge is 0.504 e. The van der Waals surface area contributed by atoms with Crippen LogP contribution in [-0.2, 0) is 10.2 Å². The first-order chi connectivity index (χ1) is 6.19. The molecule has 1 aliphatic rings. The molecule has 2 N–H and O–H groups in total. The fourth-order valence-corrected chi connectivity index (χ4v) is 1.52. The summed E-state index contributed by atoms with van der Waals surface area (Å²) in [5, 5.41) is 18.7. The van der Waals surface area contributed by atoms with Crippen molar-refractivity contribution in [3.05, 3.63) is 23.8 Å². The Morgan fingerprint density at radius 3 is 2.54 bits per heavy atom. The molecule has 13 heavy (non-hydrogen) atoms. The van der Waals surface area contributed by atoms with E-state index in [0.717, 1.165) is 19.1 Å². The predicted octanol–water partition coefficient (Wildman–Crippen LogP) is 1.33. The van der Waals surface area contributed by atoms with Crippen LogP contribution in [0, 0.1) is 0 Å². The van der Waals surface area contributed by atoms with Gasteiger partial charge in [-0.25, -0.2) is 0 Å². The first kappa shape index (κ1) is 8.10. The lowest BCUT2D eigenvalue weighted by molar-refractivity contribution is -0.109. The van der Waals surface area contributed by atoms with Crippen LogP contribution >= 0.6 is 0 Å². The summed E-state index contributed by atoms with van der Waals surface area (Å²) in [6.45, 7) is 0. The van der Waals surface area contributed by atoms with Gasteiger partial charge in [0.25, 0.3) is 0 Å². The standard InChI is InChI=1S/C10H10O3/c11-6-10(4-5-10)7-2-1-3-8(12)9(7)13/h1-3,6,12-13H,4-5H2. The van der Waals surface area contributed by atoms with Crippen LogP contribution < -0.4 is 0 Å². The van der Waals surface area contributed by atoms with Crippen LogP contribution in [0.2, 0.25) is 0 Å². The van der Waals surface area contributed by atoms with Crippen molar-refractivity contribution >= 4 is 6.29 Å². The Kier molecular flexibility index (Phi) is 1.55. The summed E-state index contributed by atoms with van der Waals surface area (Å²) < 4.78 is 0. The number of hydrogen-bond donors (Lipinski definition) is 2. The minimum atomic E-state index is -0.525. The second-order valence-electron chi connectivity index (χ2n) is 3.45. The van der Waals surface area contributed by atoms with Crippen LogP contribution in [0.25, 0.3) is 0 Å². The number of carbonyl (C=O) groups excluding carboxylic acids is 1. The van der Waals surface area contributed by atoms with Gasteiger partial charge in [0.05, 0.1) is 5.41 Å². The highest BCUT2D eigenvalue weighted by Crippen LogP contribution is 2.51. The third-order valence-corrected chi connectivity index (χ3v) is 2.57. The van der Waals surface area contributed by atoms with Gasteiger partial charge in [-0.3, -0.25) is 0 Å². The Morgan fingerprint density at radius 2 is 2.00 bits per heavy atom. The molecular formula is C10H10O3. The Bertz CT molecular complexity index is 353. The Hall–Kier alpha value is -1.51. The molecule has 1 aromatic rings. The van der Waals surface area contributed by atoms with E-state index in [4.69, 9.17) is 0 Å². The van der Waals surface area contributed by atoms with Gasteiger partial charge in [-0.05, 0) is 18.9 Å². The molecule has 0 radical (unpaired) electrons. The van der Waals surface area contributed by atoms with Gasteiger partial charge in [0.2, 0.25) is 0 Å². The lowest BCUT2D eigenvalue weighted by atomic mass is 9.96. The van der Waals surface area contributed by atoms with Crippen molar-refractivity contribution in [1.82, 2.24) is 0 Å². The van der Waals surface area contributed by atoms with E-state index in [-0.39, 0.29) is 11.5 Å². The van der Waals surface area contributed by atoms with Crippen molar-refractivity contribution < 1.29 is 15.0 Å². The van der Waals surface area contributed by atoms with Gasteiger partial charge < -0.3 is 15.0 Å². The highest BCUT2D eigenvalue weighted by atomic mass is 16.3. The van der Waals surface area contributed by atoms with Crippen molar-refractivity contribution in [2.24, 2.45) is 0 Å². The molecule has 1 aliphatic carbocycles. The molecule has 68 valence electrons. The van der Waals surface area contributed by atoms with E-state index >= 15 is 0 Å². The minimum Gasteiger partial charge on any atom is -0.504 e. The number of phenols is 2. The molecule has 0 unspecified atom stereocenters. The summed E-state index contributed by atoms with van der Waals surface area (Å²) in [5.74, 6) is -0.322. The van der Waals surface area contributed by atoms with Gasteiger partial charge in [0.15, 0.2) is 11.5 Å². The number of aromatic hydroxyl groups is 2. The summed E-state index contributed by atoms with van der Waals surface area (Å²) in [7, 11) is 0. The molecule has 3 nitrogen and oxygen atoms in total. The minimum absolute atomic E-state index is 0.160. The van der Waals surface area contributed by atoms with Crippen molar-refractivity contribution in [1.29, 1.82) is 0 Å². The summed E-state index contributed by atoms with van der Waals surface area (Å²) in [5.41, 5.74) is 0.0190. The maximum atomic E-state index is 10.8. The quantitative estimate of drug-likeness (QED) is 0.530. The molecule has 3 heteroatoms. The second kappa shape index (κ2) is 2.49. The summed E-state index contributed by atoms with van der Waals surface area (Å²) >= 11 is 0. The molecule has 0 aliphatic heterocycles. The molecule has 0 aromatic heterocycles. The molecule has 0 amide bonds. The van der Waals surface area contributed by atoms with E-state index in [1.165, 1.54) is 6.07 Å². The first-order valence-electron chi connectivity index (χ1n) is 4.17. The van der Waals surface area contributed by atoms with Crippen LogP contribution in [0.15, 0.2) is 18.2 Å². The van der Waals surface area contributed by atoms with Gasteiger partial charge >= 0.3 is 0 Å². The molecule has 0 atom stereocenters. The monoisotopic (exact) mass is 178 g/mol. The van der Waals surface area contributed by atoms with Gasteiger partial charge in [-0.2, -0.15) is 0 Å². The molecule has 1 saturated carbocycles. The first-order valence-corrected chi connectivity index (χ1v) is 4.17. The van der Waals surface area contributed by atoms with Gasteiger partial charge in [-0.1, -0.05) is 12.1 Å². The molecule has 0 spiro atoms. The fourth-order valence-electron chi connectivity index (χ4n) is 1.52. The number of rotatable bonds is 2. The topological polar surface area (TPSA) is 57.5 Å². The number of carbonyl (C=O) groups is 1. The lowest BCUT2D eigenvalue weighted by Gasteiger charge is -2.10. The molecule has 2 rings (SSSR count). The highest BCUT2D eigenvalue weighted by molar-refractivity contribution is 5.75. The van der Waals surface area contributed by atoms with Crippen molar-refractivity contribution in [2.45, 2.75) is 18.3 Å². The summed E-state index contributed by atoms with van der Waals surface area (Å²) in [6, 6.07) is 4.71. The number of hydrogen-bond acceptors (Lipinski definition) is 3. The highest BCUT2D eigenvalue weighted by Gasteiger charge is 2.46. The molecule has 1 fully saturated rings. The molecule has 0 bridgehead atoms. The zero-order chi connectivity index (χ0) is 9.47. The third kappa shape index (κ3) is 1.08. The molecule has 0 heterocycles. The van der Waals surface area contributed by atoms with Crippen molar-refractivity contribution in [3.63, 3.8) is 0 Å². The Labute approximate surface area is 75.6 Å². The SMILES string of the molecule is O=CC1(c2cccc(O)c2O)CC1. The third-order valence-electron chi connectivity index (χ3n) is 2.57. The van der Waals surface area contributed by atoms with E-state index in [2.05, 4.69) is 0 Å². The van der Waals surface area contributed by atoms with Gasteiger partial charge in [0.1, 0.15) is 6.29 Å². The number of para-hydroxylation sites is 1. The summed E-state index contributed by atoms with van der Waals surface area (Å²) in [4.78, 5) is 10.8. The summed E-state index contributed by atoms with van der Waals surface area (Å²) in [6.07, 6.45) is 2.36. The molecule has 0 saturated heterocycles. The van der Waals surface area contributed by atoms with Crippen molar-refractivity contribution in [2.75, 3.05) is 0 Å². The van der Waals surface area contributed by atoms with Crippen LogP contribution in [0.3, 0.4) is 0 Å². The number of benzene rings is 1. The maximum Gasteiger partial charge on any atom is 0.161 e. The van der Waals surface area contributed by atoms with E-state index < -0.39 is 5.41 Å². The van der Waals surface area contributed by atoms with E-state index in [9.17, 15) is 15.0 Å². The lowest BCUT2D eigenvalue weighted by Crippen LogP contribution is -2.07. The van der Waals surface area contributed by atoms with Gasteiger partial charge in [-0.15, -0.1) is 0 Å². The van der Waals surface area contributed by atoms with Crippen molar-refractivity contribution in [3.8, 4) is 11.5 Å². The smallest absolute Gasteiger partial charge is 0.161 e. The second-order valence-corrected chi connectivity index (χ2v) is 3.45. The predicted molar refractivity (Wildman–Crippen MR) is 46.7 cm³/mol. The van der Waals surface area contributed by atoms with Crippen LogP contribution in [0.4, 0.5) is 0 Å². The Morgan fingerprint density at radius 1 is 1.31 bits per heavy atom. The number of aldehydes is 1. The number of phenolic OH excluding ortho intramolecular Hbond substituents is 2. The van der Waals surface area contributed by atoms with Gasteiger partial charge in [0, 0.05) is 5.56 Å². The molecular weight excluding hydrogens is 168 g/mol. The van der Waals surface area contributed by atoms with E-state index in [0.29, 0.717) is 5.56 Å². The zero-order valence-electron chi connectivity index (χ0n) is 7.03. The van der Waals surface area contributed by atoms with Crippen LogP contribution in [0.5, 0.6) is 11.5 Å². The zero-order valence-corrected chi connectivity index (χ0v) is 7.03. The fraction of sp³-hybridized carbons (Fsp3) is 0.300. The normalized spacial score (nSPS) is 18.2. The van der Waals surface area contributed by atoms with Crippen LogP contribution in [-0.4, -0.2) is 16.5 Å². The Balaban J connectivity index is 2.52.